The van der Waals surface area contributed by atoms with Gasteiger partial charge >= 0.3 is 5.97 Å². The number of aromatic nitrogens is 1. The Morgan fingerprint density at radius 2 is 2.40 bits per heavy atom. The molecular weight excluding hydrogens is 192 g/mol. The smallest absolute Gasteiger partial charge is 0.354 e. The first-order chi connectivity index (χ1) is 7.16. The number of carboxylic acids is 1. The molecule has 1 aliphatic rings. The topological polar surface area (TPSA) is 53.4 Å². The zero-order chi connectivity index (χ0) is 10.8. The highest BCUT2D eigenvalue weighted by Gasteiger charge is 2.19. The fraction of sp³-hybridized carbons (Fsp3) is 0.455. The largest absolute Gasteiger partial charge is 0.477 e. The van der Waals surface area contributed by atoms with Crippen molar-refractivity contribution in [2.45, 2.75) is 13.3 Å². The lowest BCUT2D eigenvalue weighted by molar-refractivity contribution is 0.0690. The molecule has 1 aromatic rings. The molecule has 80 valence electrons. The summed E-state index contributed by atoms with van der Waals surface area (Å²) in [7, 11) is 0. The van der Waals surface area contributed by atoms with E-state index in [4.69, 9.17) is 5.11 Å². The highest BCUT2D eigenvalue weighted by Crippen LogP contribution is 2.22. The minimum absolute atomic E-state index is 0.103. The standard InChI is InChI=1S/C11H14N2O2/c1-8-4-5-13(7-8)9-2-3-10(11(14)15)12-6-9/h2-3,6,8H,4-5,7H2,1H3,(H,14,15). The highest BCUT2D eigenvalue weighted by molar-refractivity contribution is 5.85. The Morgan fingerprint density at radius 1 is 1.60 bits per heavy atom. The van der Waals surface area contributed by atoms with E-state index in [0.717, 1.165) is 18.8 Å². The normalized spacial score (nSPS) is 20.6. The summed E-state index contributed by atoms with van der Waals surface area (Å²) in [6.07, 6.45) is 2.84. The molecule has 1 atom stereocenters. The Kier molecular flexibility index (Phi) is 2.58. The SMILES string of the molecule is CC1CCN(c2ccc(C(=O)O)nc2)C1. The van der Waals surface area contributed by atoms with E-state index in [-0.39, 0.29) is 5.69 Å². The first-order valence-electron chi connectivity index (χ1n) is 5.11. The van der Waals surface area contributed by atoms with E-state index >= 15 is 0 Å². The molecule has 0 aromatic carbocycles. The van der Waals surface area contributed by atoms with Gasteiger partial charge in [-0.3, -0.25) is 0 Å². The fourth-order valence-corrected chi connectivity index (χ4v) is 1.87. The molecule has 1 unspecified atom stereocenters. The minimum atomic E-state index is -0.976. The average Bonchev–Trinajstić information content (AvgIpc) is 2.65. The second-order valence-corrected chi connectivity index (χ2v) is 4.05. The lowest BCUT2D eigenvalue weighted by atomic mass is 10.2. The monoisotopic (exact) mass is 206 g/mol. The molecule has 0 spiro atoms. The molecule has 1 aromatic heterocycles. The predicted octanol–water partition coefficient (Wildman–Crippen LogP) is 1.63. The van der Waals surface area contributed by atoms with Gasteiger partial charge in [-0.1, -0.05) is 6.92 Å². The van der Waals surface area contributed by atoms with Crippen LogP contribution in [0.1, 0.15) is 23.8 Å². The van der Waals surface area contributed by atoms with Gasteiger partial charge in [0.1, 0.15) is 5.69 Å². The molecule has 2 heterocycles. The number of hydrogen-bond acceptors (Lipinski definition) is 3. The summed E-state index contributed by atoms with van der Waals surface area (Å²) in [4.78, 5) is 16.8. The molecule has 0 radical (unpaired) electrons. The van der Waals surface area contributed by atoms with Crippen LogP contribution in [-0.2, 0) is 0 Å². The van der Waals surface area contributed by atoms with E-state index in [2.05, 4.69) is 16.8 Å². The van der Waals surface area contributed by atoms with Crippen molar-refractivity contribution in [2.75, 3.05) is 18.0 Å². The third-order valence-corrected chi connectivity index (χ3v) is 2.76. The van der Waals surface area contributed by atoms with Gasteiger partial charge in [0.25, 0.3) is 0 Å². The molecule has 0 amide bonds. The van der Waals surface area contributed by atoms with Crippen LogP contribution in [0.25, 0.3) is 0 Å². The van der Waals surface area contributed by atoms with Crippen LogP contribution in [-0.4, -0.2) is 29.1 Å². The number of rotatable bonds is 2. The minimum Gasteiger partial charge on any atom is -0.477 e. The summed E-state index contributed by atoms with van der Waals surface area (Å²) in [6.45, 7) is 4.29. The Morgan fingerprint density at radius 3 is 2.87 bits per heavy atom. The molecule has 1 fully saturated rings. The molecule has 4 nitrogen and oxygen atoms in total. The van der Waals surface area contributed by atoms with E-state index in [1.165, 1.54) is 6.42 Å². The van der Waals surface area contributed by atoms with Gasteiger partial charge in [0, 0.05) is 13.1 Å². The number of anilines is 1. The van der Waals surface area contributed by atoms with Crippen molar-refractivity contribution in [3.63, 3.8) is 0 Å². The van der Waals surface area contributed by atoms with E-state index in [0.29, 0.717) is 5.92 Å². The summed E-state index contributed by atoms with van der Waals surface area (Å²) >= 11 is 0. The molecule has 4 heteroatoms. The van der Waals surface area contributed by atoms with Gasteiger partial charge in [0.05, 0.1) is 11.9 Å². The lowest BCUT2D eigenvalue weighted by Gasteiger charge is -2.17. The van der Waals surface area contributed by atoms with Crippen molar-refractivity contribution < 1.29 is 9.90 Å². The molecule has 0 bridgehead atoms. The van der Waals surface area contributed by atoms with Crippen LogP contribution < -0.4 is 4.90 Å². The van der Waals surface area contributed by atoms with Crippen LogP contribution in [0, 0.1) is 5.92 Å². The van der Waals surface area contributed by atoms with E-state index in [1.54, 1.807) is 12.3 Å². The Labute approximate surface area is 88.6 Å². The zero-order valence-corrected chi connectivity index (χ0v) is 8.68. The number of carbonyl (C=O) groups is 1. The van der Waals surface area contributed by atoms with Gasteiger partial charge in [0.15, 0.2) is 0 Å². The molecule has 0 aliphatic carbocycles. The summed E-state index contributed by atoms with van der Waals surface area (Å²) in [5.41, 5.74) is 1.12. The van der Waals surface area contributed by atoms with Crippen LogP contribution >= 0.6 is 0 Å². The van der Waals surface area contributed by atoms with Crippen molar-refractivity contribution >= 4 is 11.7 Å². The van der Waals surface area contributed by atoms with E-state index < -0.39 is 5.97 Å². The van der Waals surface area contributed by atoms with Crippen LogP contribution in [0.2, 0.25) is 0 Å². The van der Waals surface area contributed by atoms with Crippen molar-refractivity contribution in [3.8, 4) is 0 Å². The summed E-state index contributed by atoms with van der Waals surface area (Å²) in [5, 5.41) is 8.71. The first kappa shape index (κ1) is 9.96. The molecular formula is C11H14N2O2. The predicted molar refractivity (Wildman–Crippen MR) is 57.2 cm³/mol. The van der Waals surface area contributed by atoms with Gasteiger partial charge < -0.3 is 10.0 Å². The first-order valence-corrected chi connectivity index (χ1v) is 5.11. The fourth-order valence-electron chi connectivity index (χ4n) is 1.87. The Hall–Kier alpha value is -1.58. The van der Waals surface area contributed by atoms with E-state index in [9.17, 15) is 4.79 Å². The lowest BCUT2D eigenvalue weighted by Crippen LogP contribution is -2.19. The number of pyridine rings is 1. The maximum Gasteiger partial charge on any atom is 0.354 e. The van der Waals surface area contributed by atoms with Crippen molar-refractivity contribution in [3.05, 3.63) is 24.0 Å². The average molecular weight is 206 g/mol. The number of nitrogens with zero attached hydrogens (tertiary/aromatic N) is 2. The van der Waals surface area contributed by atoms with Gasteiger partial charge in [-0.25, -0.2) is 9.78 Å². The van der Waals surface area contributed by atoms with Gasteiger partial charge in [-0.15, -0.1) is 0 Å². The van der Waals surface area contributed by atoms with Crippen LogP contribution in [0.15, 0.2) is 18.3 Å². The Balaban J connectivity index is 2.13. The molecule has 1 saturated heterocycles. The second-order valence-electron chi connectivity index (χ2n) is 4.05. The molecule has 1 aliphatic heterocycles. The molecule has 1 N–H and O–H groups in total. The van der Waals surface area contributed by atoms with Crippen LogP contribution in [0.4, 0.5) is 5.69 Å². The molecule has 2 rings (SSSR count). The quantitative estimate of drug-likeness (QED) is 0.799. The number of aromatic carboxylic acids is 1. The van der Waals surface area contributed by atoms with Gasteiger partial charge in [-0.2, -0.15) is 0 Å². The third kappa shape index (κ3) is 2.09. The van der Waals surface area contributed by atoms with Crippen LogP contribution in [0.3, 0.4) is 0 Å². The second kappa shape index (κ2) is 3.88. The van der Waals surface area contributed by atoms with Gasteiger partial charge in [-0.05, 0) is 24.5 Å². The maximum atomic E-state index is 10.6. The Bertz CT molecular complexity index is 361. The molecule has 0 saturated carbocycles. The van der Waals surface area contributed by atoms with Crippen LogP contribution in [0.5, 0.6) is 0 Å². The van der Waals surface area contributed by atoms with E-state index in [1.807, 2.05) is 6.07 Å². The summed E-state index contributed by atoms with van der Waals surface area (Å²) in [5.74, 6) is -0.263. The van der Waals surface area contributed by atoms with Gasteiger partial charge in [0.2, 0.25) is 0 Å². The van der Waals surface area contributed by atoms with Crippen molar-refractivity contribution in [1.29, 1.82) is 0 Å². The molecule has 15 heavy (non-hydrogen) atoms. The number of hydrogen-bond donors (Lipinski definition) is 1. The number of carboxylic acid groups (broad SMARTS) is 1. The van der Waals surface area contributed by atoms with Crippen molar-refractivity contribution in [1.82, 2.24) is 4.98 Å². The van der Waals surface area contributed by atoms with Crippen molar-refractivity contribution in [2.24, 2.45) is 5.92 Å². The summed E-state index contributed by atoms with van der Waals surface area (Å²) in [6, 6.07) is 3.38. The zero-order valence-electron chi connectivity index (χ0n) is 8.68. The maximum absolute atomic E-state index is 10.6. The summed E-state index contributed by atoms with van der Waals surface area (Å²) < 4.78 is 0. The third-order valence-electron chi connectivity index (χ3n) is 2.76. The highest BCUT2D eigenvalue weighted by atomic mass is 16.4.